The van der Waals surface area contributed by atoms with E-state index in [1.807, 2.05) is 0 Å². The maximum Gasteiger partial charge on any atom is 0.0897 e. The quantitative estimate of drug-likeness (QED) is 0.925. The van der Waals surface area contributed by atoms with Crippen molar-refractivity contribution in [2.24, 2.45) is 5.92 Å². The van der Waals surface area contributed by atoms with E-state index in [1.165, 1.54) is 49.2 Å². The van der Waals surface area contributed by atoms with Gasteiger partial charge in [0.25, 0.3) is 0 Å². The molecule has 2 heterocycles. The molecule has 112 valence electrons. The summed E-state index contributed by atoms with van der Waals surface area (Å²) in [6, 6.07) is 0.540. The summed E-state index contributed by atoms with van der Waals surface area (Å²) in [5, 5.41) is 6.93. The van der Waals surface area contributed by atoms with E-state index in [1.54, 1.807) is 11.3 Å². The molecule has 0 amide bonds. The zero-order chi connectivity index (χ0) is 14.0. The fourth-order valence-electron chi connectivity index (χ4n) is 4.01. The number of thiazole rings is 1. The largest absolute Gasteiger partial charge is 0.375 e. The lowest BCUT2D eigenvalue weighted by Crippen LogP contribution is -2.45. The summed E-state index contributed by atoms with van der Waals surface area (Å²) in [5.41, 5.74) is 1.47. The molecule has 3 nitrogen and oxygen atoms in total. The van der Waals surface area contributed by atoms with Crippen LogP contribution in [0.25, 0.3) is 0 Å². The third-order valence-corrected chi connectivity index (χ3v) is 5.90. The second-order valence-corrected chi connectivity index (χ2v) is 7.51. The molecule has 1 aliphatic carbocycles. The van der Waals surface area contributed by atoms with Gasteiger partial charge in [0.1, 0.15) is 0 Å². The Hall–Kier alpha value is -0.450. The smallest absolute Gasteiger partial charge is 0.0897 e. The summed E-state index contributed by atoms with van der Waals surface area (Å²) in [7, 11) is 2.10. The van der Waals surface area contributed by atoms with Gasteiger partial charge in [-0.2, -0.15) is 0 Å². The molecule has 0 radical (unpaired) electrons. The highest BCUT2D eigenvalue weighted by Crippen LogP contribution is 2.43. The van der Waals surface area contributed by atoms with Crippen molar-refractivity contribution in [3.8, 4) is 0 Å². The summed E-state index contributed by atoms with van der Waals surface area (Å²) >= 11 is 1.76. The van der Waals surface area contributed by atoms with E-state index in [0.29, 0.717) is 6.04 Å². The van der Waals surface area contributed by atoms with Gasteiger partial charge < -0.3 is 10.1 Å². The number of hydrogen-bond donors (Lipinski definition) is 1. The van der Waals surface area contributed by atoms with Gasteiger partial charge in [0, 0.05) is 24.4 Å². The van der Waals surface area contributed by atoms with Gasteiger partial charge in [-0.3, -0.25) is 0 Å². The van der Waals surface area contributed by atoms with Crippen molar-refractivity contribution in [1.29, 1.82) is 0 Å². The van der Waals surface area contributed by atoms with Crippen molar-refractivity contribution >= 4 is 11.3 Å². The van der Waals surface area contributed by atoms with E-state index in [2.05, 4.69) is 29.7 Å². The number of ether oxygens (including phenoxy) is 1. The van der Waals surface area contributed by atoms with Crippen molar-refractivity contribution in [1.82, 2.24) is 10.3 Å². The molecule has 3 rings (SSSR count). The van der Waals surface area contributed by atoms with Gasteiger partial charge >= 0.3 is 0 Å². The highest BCUT2D eigenvalue weighted by molar-refractivity contribution is 7.09. The number of hydrogen-bond acceptors (Lipinski definition) is 4. The normalized spacial score (nSPS) is 27.0. The molecule has 1 aliphatic heterocycles. The first kappa shape index (κ1) is 14.5. The Morgan fingerprint density at radius 1 is 1.50 bits per heavy atom. The van der Waals surface area contributed by atoms with Crippen LogP contribution in [0.3, 0.4) is 0 Å². The number of aryl methyl sites for hydroxylation is 1. The van der Waals surface area contributed by atoms with E-state index in [9.17, 15) is 0 Å². The van der Waals surface area contributed by atoms with Gasteiger partial charge in [0.05, 0.1) is 16.3 Å². The third kappa shape index (κ3) is 3.07. The molecule has 1 saturated carbocycles. The Balaban J connectivity index is 1.65. The molecule has 1 spiro atoms. The number of nitrogens with one attached hydrogen (secondary N) is 1. The van der Waals surface area contributed by atoms with Crippen molar-refractivity contribution in [2.75, 3.05) is 13.7 Å². The lowest BCUT2D eigenvalue weighted by molar-refractivity contribution is -0.0975. The molecule has 2 fully saturated rings. The maximum atomic E-state index is 6.16. The van der Waals surface area contributed by atoms with Gasteiger partial charge in [-0.05, 0) is 45.6 Å². The van der Waals surface area contributed by atoms with Crippen LogP contribution >= 0.6 is 11.3 Å². The van der Waals surface area contributed by atoms with Crippen molar-refractivity contribution in [3.05, 3.63) is 16.1 Å². The maximum absolute atomic E-state index is 6.16. The molecule has 1 saturated heterocycles. The monoisotopic (exact) mass is 294 g/mol. The molecule has 1 aromatic rings. The van der Waals surface area contributed by atoms with E-state index in [4.69, 9.17) is 4.74 Å². The van der Waals surface area contributed by atoms with E-state index >= 15 is 0 Å². The molecule has 0 aromatic carbocycles. The van der Waals surface area contributed by atoms with Crippen LogP contribution in [0.1, 0.15) is 49.2 Å². The molecular weight excluding hydrogens is 268 g/mol. The molecule has 20 heavy (non-hydrogen) atoms. The molecule has 4 heteroatoms. The first-order chi connectivity index (χ1) is 9.71. The molecule has 1 N–H and O–H groups in total. The van der Waals surface area contributed by atoms with E-state index in [-0.39, 0.29) is 5.60 Å². The Labute approximate surface area is 126 Å². The Bertz CT molecular complexity index is 439. The minimum absolute atomic E-state index is 0.218. The standard InChI is InChI=1S/C16H26N2OS/c1-12-18-14(11-20-12)9-15(17-2)13-5-8-19-16(10-13)6-3-4-7-16/h11,13,15,17H,3-10H2,1-2H3. The average Bonchev–Trinajstić information content (AvgIpc) is 3.06. The predicted octanol–water partition coefficient (Wildman–Crippen LogP) is 3.32. The number of rotatable bonds is 4. The van der Waals surface area contributed by atoms with Crippen molar-refractivity contribution in [2.45, 2.75) is 63.5 Å². The summed E-state index contributed by atoms with van der Waals surface area (Å²) in [6.45, 7) is 3.03. The van der Waals surface area contributed by atoms with Gasteiger partial charge in [-0.15, -0.1) is 11.3 Å². The first-order valence-electron chi connectivity index (χ1n) is 7.93. The fraction of sp³-hybridized carbons (Fsp3) is 0.812. The average molecular weight is 294 g/mol. The summed E-state index contributed by atoms with van der Waals surface area (Å²) in [5.74, 6) is 0.730. The van der Waals surface area contributed by atoms with Crippen molar-refractivity contribution < 1.29 is 4.74 Å². The number of likely N-dealkylation sites (N-methyl/N-ethyl adjacent to an activating group) is 1. The minimum Gasteiger partial charge on any atom is -0.375 e. The Morgan fingerprint density at radius 2 is 2.30 bits per heavy atom. The summed E-state index contributed by atoms with van der Waals surface area (Å²) in [6.07, 6.45) is 8.73. The van der Waals surface area contributed by atoms with Gasteiger partial charge in [-0.1, -0.05) is 12.8 Å². The van der Waals surface area contributed by atoms with Crippen LogP contribution in [-0.4, -0.2) is 30.3 Å². The highest BCUT2D eigenvalue weighted by atomic mass is 32.1. The van der Waals surface area contributed by atoms with Crippen LogP contribution in [0, 0.1) is 12.8 Å². The zero-order valence-electron chi connectivity index (χ0n) is 12.7. The second kappa shape index (κ2) is 6.12. The highest BCUT2D eigenvalue weighted by Gasteiger charge is 2.41. The van der Waals surface area contributed by atoms with Crippen LogP contribution in [0.5, 0.6) is 0 Å². The zero-order valence-corrected chi connectivity index (χ0v) is 13.5. The minimum atomic E-state index is 0.218. The van der Waals surface area contributed by atoms with Crippen LogP contribution in [0.4, 0.5) is 0 Å². The topological polar surface area (TPSA) is 34.2 Å². The molecule has 1 aromatic heterocycles. The molecule has 2 aliphatic rings. The van der Waals surface area contributed by atoms with Gasteiger partial charge in [0.2, 0.25) is 0 Å². The van der Waals surface area contributed by atoms with Crippen LogP contribution in [0.15, 0.2) is 5.38 Å². The fourth-order valence-corrected chi connectivity index (χ4v) is 4.63. The number of aromatic nitrogens is 1. The molecular formula is C16H26N2OS. The lowest BCUT2D eigenvalue weighted by atomic mass is 9.79. The molecule has 2 atom stereocenters. The van der Waals surface area contributed by atoms with Crippen LogP contribution in [0.2, 0.25) is 0 Å². The first-order valence-corrected chi connectivity index (χ1v) is 8.81. The van der Waals surface area contributed by atoms with Gasteiger partial charge in [0.15, 0.2) is 0 Å². The second-order valence-electron chi connectivity index (χ2n) is 6.45. The summed E-state index contributed by atoms with van der Waals surface area (Å²) in [4.78, 5) is 4.63. The van der Waals surface area contributed by atoms with Crippen LogP contribution < -0.4 is 5.32 Å². The van der Waals surface area contributed by atoms with E-state index < -0.39 is 0 Å². The van der Waals surface area contributed by atoms with Crippen molar-refractivity contribution in [3.63, 3.8) is 0 Å². The Morgan fingerprint density at radius 3 is 2.95 bits per heavy atom. The SMILES string of the molecule is CNC(Cc1csc(C)n1)C1CCOC2(CCCC2)C1. The Kier molecular flexibility index (Phi) is 4.43. The van der Waals surface area contributed by atoms with Crippen LogP contribution in [-0.2, 0) is 11.2 Å². The van der Waals surface area contributed by atoms with Gasteiger partial charge in [-0.25, -0.2) is 4.98 Å². The lowest BCUT2D eigenvalue weighted by Gasteiger charge is -2.41. The molecule has 0 bridgehead atoms. The predicted molar refractivity (Wildman–Crippen MR) is 83.3 cm³/mol. The van der Waals surface area contributed by atoms with E-state index in [0.717, 1.165) is 18.9 Å². The number of nitrogens with zero attached hydrogens (tertiary/aromatic N) is 1. The molecule has 2 unspecified atom stereocenters. The third-order valence-electron chi connectivity index (χ3n) is 5.08. The summed E-state index contributed by atoms with van der Waals surface area (Å²) < 4.78 is 6.16.